The lowest BCUT2D eigenvalue weighted by Crippen LogP contribution is -2.27. The number of rotatable bonds is 3. The van der Waals surface area contributed by atoms with Gasteiger partial charge in [-0.3, -0.25) is 4.79 Å². The van der Waals surface area contributed by atoms with Crippen LogP contribution in [0.1, 0.15) is 21.5 Å². The number of aryl methyl sites for hydroxylation is 2. The number of anilines is 1. The molecule has 4 heteroatoms. The Bertz CT molecular complexity index is 680. The SMILES string of the molecule is COc1ccc(C(=O)N(C)c2ccc(C)cc2C)c(O)c1. The van der Waals surface area contributed by atoms with Crippen molar-refractivity contribution in [1.82, 2.24) is 0 Å². The van der Waals surface area contributed by atoms with Crippen molar-refractivity contribution in [3.05, 3.63) is 53.1 Å². The maximum atomic E-state index is 12.5. The molecule has 0 radical (unpaired) electrons. The number of carbonyl (C=O) groups is 1. The standard InChI is InChI=1S/C17H19NO3/c1-11-5-8-15(12(2)9-11)18(3)17(20)14-7-6-13(21-4)10-16(14)19/h5-10,19H,1-4H3. The van der Waals surface area contributed by atoms with E-state index in [-0.39, 0.29) is 17.2 Å². The first-order chi connectivity index (χ1) is 9.93. The Kier molecular flexibility index (Phi) is 4.17. The number of phenolic OH excluding ortho intramolecular Hbond substituents is 1. The zero-order chi connectivity index (χ0) is 15.6. The number of aromatic hydroxyl groups is 1. The molecule has 0 unspecified atom stereocenters. The molecule has 0 aromatic heterocycles. The van der Waals surface area contributed by atoms with Crippen LogP contribution in [0.15, 0.2) is 36.4 Å². The molecule has 0 aliphatic rings. The average molecular weight is 285 g/mol. The average Bonchev–Trinajstić information content (AvgIpc) is 2.45. The second kappa shape index (κ2) is 5.87. The number of phenols is 1. The zero-order valence-electron chi connectivity index (χ0n) is 12.7. The van der Waals surface area contributed by atoms with Crippen molar-refractivity contribution in [2.45, 2.75) is 13.8 Å². The summed E-state index contributed by atoms with van der Waals surface area (Å²) in [7, 11) is 3.21. The van der Waals surface area contributed by atoms with Gasteiger partial charge in [0.05, 0.1) is 12.7 Å². The molecular formula is C17H19NO3. The molecular weight excluding hydrogens is 266 g/mol. The molecule has 1 amide bonds. The lowest BCUT2D eigenvalue weighted by molar-refractivity contribution is 0.0990. The van der Waals surface area contributed by atoms with Crippen LogP contribution < -0.4 is 9.64 Å². The lowest BCUT2D eigenvalue weighted by atomic mass is 10.1. The number of nitrogens with zero attached hydrogens (tertiary/aromatic N) is 1. The van der Waals surface area contributed by atoms with Crippen molar-refractivity contribution in [3.63, 3.8) is 0 Å². The highest BCUT2D eigenvalue weighted by Crippen LogP contribution is 2.27. The first-order valence-electron chi connectivity index (χ1n) is 6.66. The van der Waals surface area contributed by atoms with E-state index in [2.05, 4.69) is 0 Å². The van der Waals surface area contributed by atoms with Crippen LogP contribution >= 0.6 is 0 Å². The maximum Gasteiger partial charge on any atom is 0.261 e. The van der Waals surface area contributed by atoms with Gasteiger partial charge in [0.25, 0.3) is 5.91 Å². The Morgan fingerprint density at radius 3 is 2.43 bits per heavy atom. The van der Waals surface area contributed by atoms with Crippen LogP contribution in [-0.4, -0.2) is 25.2 Å². The fraction of sp³-hybridized carbons (Fsp3) is 0.235. The van der Waals surface area contributed by atoms with Gasteiger partial charge in [-0.25, -0.2) is 0 Å². The van der Waals surface area contributed by atoms with Crippen LogP contribution in [0, 0.1) is 13.8 Å². The Hall–Kier alpha value is -2.49. The predicted molar refractivity (Wildman–Crippen MR) is 83.3 cm³/mol. The number of hydrogen-bond donors (Lipinski definition) is 1. The first kappa shape index (κ1) is 14.9. The molecule has 0 aliphatic carbocycles. The first-order valence-corrected chi connectivity index (χ1v) is 6.66. The molecule has 4 nitrogen and oxygen atoms in total. The molecule has 0 aliphatic heterocycles. The van der Waals surface area contributed by atoms with Gasteiger partial charge in [-0.2, -0.15) is 0 Å². The van der Waals surface area contributed by atoms with Gasteiger partial charge in [0.1, 0.15) is 11.5 Å². The smallest absolute Gasteiger partial charge is 0.261 e. The summed E-state index contributed by atoms with van der Waals surface area (Å²) in [4.78, 5) is 14.1. The van der Waals surface area contributed by atoms with Gasteiger partial charge in [-0.1, -0.05) is 17.7 Å². The van der Waals surface area contributed by atoms with Crippen molar-refractivity contribution in [1.29, 1.82) is 0 Å². The summed E-state index contributed by atoms with van der Waals surface area (Å²) >= 11 is 0. The van der Waals surface area contributed by atoms with Crippen molar-refractivity contribution in [3.8, 4) is 11.5 Å². The van der Waals surface area contributed by atoms with Crippen molar-refractivity contribution < 1.29 is 14.6 Å². The largest absolute Gasteiger partial charge is 0.507 e. The molecule has 110 valence electrons. The van der Waals surface area contributed by atoms with Gasteiger partial charge in [-0.15, -0.1) is 0 Å². The second-order valence-corrected chi connectivity index (χ2v) is 5.04. The van der Waals surface area contributed by atoms with Crippen LogP contribution in [0.4, 0.5) is 5.69 Å². The number of carbonyl (C=O) groups excluding carboxylic acids is 1. The molecule has 1 N–H and O–H groups in total. The minimum absolute atomic E-state index is 0.0871. The van der Waals surface area contributed by atoms with Crippen LogP contribution in [0.25, 0.3) is 0 Å². The van der Waals surface area contributed by atoms with Crippen LogP contribution in [0.2, 0.25) is 0 Å². The van der Waals surface area contributed by atoms with Crippen LogP contribution in [0.3, 0.4) is 0 Å². The highest BCUT2D eigenvalue weighted by Gasteiger charge is 2.18. The fourth-order valence-electron chi connectivity index (χ4n) is 2.29. The van der Waals surface area contributed by atoms with Crippen LogP contribution in [-0.2, 0) is 0 Å². The highest BCUT2D eigenvalue weighted by atomic mass is 16.5. The predicted octanol–water partition coefficient (Wildman–Crippen LogP) is 3.29. The minimum Gasteiger partial charge on any atom is -0.507 e. The third-order valence-corrected chi connectivity index (χ3v) is 3.45. The normalized spacial score (nSPS) is 10.3. The van der Waals surface area contributed by atoms with E-state index >= 15 is 0 Å². The third-order valence-electron chi connectivity index (χ3n) is 3.45. The van der Waals surface area contributed by atoms with Gasteiger partial charge in [-0.05, 0) is 37.6 Å². The maximum absolute atomic E-state index is 12.5. The molecule has 2 rings (SSSR count). The lowest BCUT2D eigenvalue weighted by Gasteiger charge is -2.20. The number of methoxy groups -OCH3 is 1. The topological polar surface area (TPSA) is 49.8 Å². The summed E-state index contributed by atoms with van der Waals surface area (Å²) in [6.07, 6.45) is 0. The van der Waals surface area contributed by atoms with E-state index in [1.54, 1.807) is 19.2 Å². The van der Waals surface area contributed by atoms with E-state index in [4.69, 9.17) is 4.74 Å². The number of benzene rings is 2. The van der Waals surface area contributed by atoms with E-state index in [9.17, 15) is 9.90 Å². The van der Waals surface area contributed by atoms with E-state index in [1.165, 1.54) is 18.1 Å². The van der Waals surface area contributed by atoms with Gasteiger partial charge in [0.2, 0.25) is 0 Å². The molecule has 0 heterocycles. The van der Waals surface area contributed by atoms with Crippen molar-refractivity contribution in [2.75, 3.05) is 19.1 Å². The Morgan fingerprint density at radius 2 is 1.86 bits per heavy atom. The third kappa shape index (κ3) is 2.99. The summed E-state index contributed by atoms with van der Waals surface area (Å²) in [6, 6.07) is 10.5. The van der Waals surface area contributed by atoms with Gasteiger partial charge < -0.3 is 14.7 Å². The van der Waals surface area contributed by atoms with E-state index < -0.39 is 0 Å². The fourth-order valence-corrected chi connectivity index (χ4v) is 2.29. The molecule has 0 atom stereocenters. The number of amides is 1. The minimum atomic E-state index is -0.262. The molecule has 2 aromatic carbocycles. The quantitative estimate of drug-likeness (QED) is 0.941. The van der Waals surface area contributed by atoms with Crippen molar-refractivity contribution >= 4 is 11.6 Å². The molecule has 0 bridgehead atoms. The number of hydrogen-bond acceptors (Lipinski definition) is 3. The molecule has 0 saturated heterocycles. The molecule has 0 fully saturated rings. The highest BCUT2D eigenvalue weighted by molar-refractivity contribution is 6.07. The zero-order valence-corrected chi connectivity index (χ0v) is 12.7. The summed E-state index contributed by atoms with van der Waals surface area (Å²) in [5, 5.41) is 9.97. The van der Waals surface area contributed by atoms with Gasteiger partial charge in [0, 0.05) is 18.8 Å². The molecule has 21 heavy (non-hydrogen) atoms. The Balaban J connectivity index is 2.35. The molecule has 2 aromatic rings. The summed E-state index contributed by atoms with van der Waals surface area (Å²) in [6.45, 7) is 3.97. The Labute approximate surface area is 124 Å². The van der Waals surface area contributed by atoms with E-state index in [1.807, 2.05) is 32.0 Å². The molecule has 0 saturated carbocycles. The van der Waals surface area contributed by atoms with Crippen LogP contribution in [0.5, 0.6) is 11.5 Å². The van der Waals surface area contributed by atoms with E-state index in [0.29, 0.717) is 5.75 Å². The summed E-state index contributed by atoms with van der Waals surface area (Å²) in [5.41, 5.74) is 3.22. The van der Waals surface area contributed by atoms with Gasteiger partial charge in [0.15, 0.2) is 0 Å². The van der Waals surface area contributed by atoms with Crippen molar-refractivity contribution in [2.24, 2.45) is 0 Å². The number of ether oxygens (including phenoxy) is 1. The van der Waals surface area contributed by atoms with E-state index in [0.717, 1.165) is 16.8 Å². The van der Waals surface area contributed by atoms with Gasteiger partial charge >= 0.3 is 0 Å². The molecule has 0 spiro atoms. The second-order valence-electron chi connectivity index (χ2n) is 5.04. The summed E-state index contributed by atoms with van der Waals surface area (Å²) < 4.78 is 5.02. The monoisotopic (exact) mass is 285 g/mol. The Morgan fingerprint density at radius 1 is 1.14 bits per heavy atom. The summed E-state index contributed by atoms with van der Waals surface area (Å²) in [5.74, 6) is 0.163.